The van der Waals surface area contributed by atoms with Crippen LogP contribution in [0.1, 0.15) is 58.8 Å². The van der Waals surface area contributed by atoms with Gasteiger partial charge in [0.25, 0.3) is 0 Å². The van der Waals surface area contributed by atoms with E-state index in [0.29, 0.717) is 30.9 Å². The van der Waals surface area contributed by atoms with E-state index in [4.69, 9.17) is 9.47 Å². The van der Waals surface area contributed by atoms with Crippen molar-refractivity contribution in [3.8, 4) is 23.3 Å². The lowest BCUT2D eigenvalue weighted by Crippen LogP contribution is -2.09. The SMILES string of the molecule is CC#CCCC(=O)Oc1ccccc1OCCCCCCC. The zero-order chi connectivity index (χ0) is 16.0. The summed E-state index contributed by atoms with van der Waals surface area (Å²) < 4.78 is 11.1. The minimum absolute atomic E-state index is 0.276. The van der Waals surface area contributed by atoms with E-state index in [9.17, 15) is 4.79 Å². The van der Waals surface area contributed by atoms with Crippen molar-refractivity contribution in [3.05, 3.63) is 24.3 Å². The second kappa shape index (κ2) is 11.7. The van der Waals surface area contributed by atoms with Crippen molar-refractivity contribution in [3.63, 3.8) is 0 Å². The highest BCUT2D eigenvalue weighted by atomic mass is 16.6. The first-order chi connectivity index (χ1) is 10.8. The summed E-state index contributed by atoms with van der Waals surface area (Å²) in [5, 5.41) is 0. The molecule has 3 nitrogen and oxygen atoms in total. The van der Waals surface area contributed by atoms with Crippen LogP contribution in [0.4, 0.5) is 0 Å². The molecule has 0 aromatic heterocycles. The van der Waals surface area contributed by atoms with E-state index >= 15 is 0 Å². The fourth-order valence-electron chi connectivity index (χ4n) is 2.00. The molecule has 0 N–H and O–H groups in total. The zero-order valence-corrected chi connectivity index (χ0v) is 13.7. The van der Waals surface area contributed by atoms with Crippen molar-refractivity contribution in [2.75, 3.05) is 6.61 Å². The summed E-state index contributed by atoms with van der Waals surface area (Å²) >= 11 is 0. The van der Waals surface area contributed by atoms with E-state index in [0.717, 1.165) is 6.42 Å². The van der Waals surface area contributed by atoms with Gasteiger partial charge in [-0.1, -0.05) is 44.7 Å². The smallest absolute Gasteiger partial charge is 0.312 e. The third kappa shape index (κ3) is 7.73. The van der Waals surface area contributed by atoms with Gasteiger partial charge in [-0.05, 0) is 25.5 Å². The average Bonchev–Trinajstić information content (AvgIpc) is 2.52. The Balaban J connectivity index is 2.40. The number of rotatable bonds is 10. The van der Waals surface area contributed by atoms with E-state index in [1.807, 2.05) is 18.2 Å². The monoisotopic (exact) mass is 302 g/mol. The summed E-state index contributed by atoms with van der Waals surface area (Å²) in [5.41, 5.74) is 0. The Kier molecular flexibility index (Phi) is 9.61. The van der Waals surface area contributed by atoms with Crippen LogP contribution < -0.4 is 9.47 Å². The molecule has 0 bridgehead atoms. The molecule has 0 amide bonds. The topological polar surface area (TPSA) is 35.5 Å². The highest BCUT2D eigenvalue weighted by Gasteiger charge is 2.09. The largest absolute Gasteiger partial charge is 0.490 e. The maximum absolute atomic E-state index is 11.7. The summed E-state index contributed by atoms with van der Waals surface area (Å²) in [6.07, 6.45) is 6.77. The molecule has 0 unspecified atom stereocenters. The fraction of sp³-hybridized carbons (Fsp3) is 0.526. The van der Waals surface area contributed by atoms with Crippen LogP contribution in [0.15, 0.2) is 24.3 Å². The quantitative estimate of drug-likeness (QED) is 0.271. The summed E-state index contributed by atoms with van der Waals surface area (Å²) in [6.45, 7) is 4.61. The maximum Gasteiger partial charge on any atom is 0.312 e. The number of para-hydroxylation sites is 2. The van der Waals surface area contributed by atoms with Gasteiger partial charge in [-0.25, -0.2) is 0 Å². The van der Waals surface area contributed by atoms with Gasteiger partial charge in [0, 0.05) is 6.42 Å². The molecule has 1 aromatic carbocycles. The van der Waals surface area contributed by atoms with E-state index in [-0.39, 0.29) is 5.97 Å². The first-order valence-corrected chi connectivity index (χ1v) is 8.10. The Morgan fingerprint density at radius 1 is 1.09 bits per heavy atom. The molecule has 0 aliphatic heterocycles. The van der Waals surface area contributed by atoms with E-state index in [1.54, 1.807) is 13.0 Å². The molecular formula is C19H26O3. The van der Waals surface area contributed by atoms with Gasteiger partial charge in [-0.3, -0.25) is 4.79 Å². The number of carbonyl (C=O) groups excluding carboxylic acids is 1. The van der Waals surface area contributed by atoms with Crippen LogP contribution in [0.2, 0.25) is 0 Å². The van der Waals surface area contributed by atoms with Crippen LogP contribution >= 0.6 is 0 Å². The van der Waals surface area contributed by atoms with Crippen LogP contribution in [0.5, 0.6) is 11.5 Å². The predicted molar refractivity (Wildman–Crippen MR) is 89.0 cm³/mol. The lowest BCUT2D eigenvalue weighted by atomic mass is 10.2. The summed E-state index contributed by atoms with van der Waals surface area (Å²) in [6, 6.07) is 7.31. The molecule has 0 aliphatic carbocycles. The fourth-order valence-corrected chi connectivity index (χ4v) is 2.00. The van der Waals surface area contributed by atoms with Gasteiger partial charge in [0.2, 0.25) is 0 Å². The molecular weight excluding hydrogens is 276 g/mol. The first kappa shape index (κ1) is 18.1. The molecule has 22 heavy (non-hydrogen) atoms. The Morgan fingerprint density at radius 3 is 2.55 bits per heavy atom. The highest BCUT2D eigenvalue weighted by Crippen LogP contribution is 2.27. The second-order valence-electron chi connectivity index (χ2n) is 5.11. The number of hydrogen-bond acceptors (Lipinski definition) is 3. The number of hydrogen-bond donors (Lipinski definition) is 0. The van der Waals surface area contributed by atoms with Crippen LogP contribution in [0.25, 0.3) is 0 Å². The van der Waals surface area contributed by atoms with Gasteiger partial charge >= 0.3 is 5.97 Å². The summed E-state index contributed by atoms with van der Waals surface area (Å²) in [5.74, 6) is 6.47. The van der Waals surface area contributed by atoms with E-state index in [1.165, 1.54) is 25.7 Å². The van der Waals surface area contributed by atoms with E-state index < -0.39 is 0 Å². The molecule has 120 valence electrons. The van der Waals surface area contributed by atoms with Gasteiger partial charge in [0.05, 0.1) is 13.0 Å². The molecule has 0 aliphatic rings. The van der Waals surface area contributed by atoms with Crippen LogP contribution in [-0.2, 0) is 4.79 Å². The number of ether oxygens (including phenoxy) is 2. The maximum atomic E-state index is 11.7. The molecule has 0 heterocycles. The molecule has 0 saturated heterocycles. The Hall–Kier alpha value is -1.95. The highest BCUT2D eigenvalue weighted by molar-refractivity contribution is 5.73. The third-order valence-corrected chi connectivity index (χ3v) is 3.21. The Morgan fingerprint density at radius 2 is 1.82 bits per heavy atom. The van der Waals surface area contributed by atoms with Crippen molar-refractivity contribution in [2.45, 2.75) is 58.8 Å². The lowest BCUT2D eigenvalue weighted by molar-refractivity contribution is -0.134. The normalized spacial score (nSPS) is 9.73. The van der Waals surface area contributed by atoms with Crippen molar-refractivity contribution >= 4 is 5.97 Å². The minimum atomic E-state index is -0.276. The number of esters is 1. The molecule has 0 radical (unpaired) electrons. The average molecular weight is 302 g/mol. The van der Waals surface area contributed by atoms with Crippen molar-refractivity contribution < 1.29 is 14.3 Å². The Labute approximate surface area is 134 Å². The summed E-state index contributed by atoms with van der Waals surface area (Å²) in [7, 11) is 0. The van der Waals surface area contributed by atoms with Gasteiger partial charge < -0.3 is 9.47 Å². The third-order valence-electron chi connectivity index (χ3n) is 3.21. The standard InChI is InChI=1S/C19H26O3/c1-3-5-7-8-12-16-21-17-13-10-11-14-18(17)22-19(20)15-9-6-4-2/h10-11,13-14H,3,5,7-9,12,15-16H2,1-2H3. The van der Waals surface area contributed by atoms with Gasteiger partial charge in [-0.15, -0.1) is 11.8 Å². The van der Waals surface area contributed by atoms with Crippen molar-refractivity contribution in [1.29, 1.82) is 0 Å². The number of benzene rings is 1. The van der Waals surface area contributed by atoms with Gasteiger partial charge in [-0.2, -0.15) is 0 Å². The second-order valence-corrected chi connectivity index (χ2v) is 5.11. The van der Waals surface area contributed by atoms with E-state index in [2.05, 4.69) is 18.8 Å². The van der Waals surface area contributed by atoms with Crippen LogP contribution in [0, 0.1) is 11.8 Å². The Bertz CT molecular complexity index is 497. The number of carbonyl (C=O) groups is 1. The van der Waals surface area contributed by atoms with Crippen molar-refractivity contribution in [2.24, 2.45) is 0 Å². The van der Waals surface area contributed by atoms with Gasteiger partial charge in [0.1, 0.15) is 0 Å². The minimum Gasteiger partial charge on any atom is -0.490 e. The molecule has 0 atom stereocenters. The van der Waals surface area contributed by atoms with Crippen LogP contribution in [-0.4, -0.2) is 12.6 Å². The van der Waals surface area contributed by atoms with Crippen LogP contribution in [0.3, 0.4) is 0 Å². The summed E-state index contributed by atoms with van der Waals surface area (Å²) in [4.78, 5) is 11.7. The number of unbranched alkanes of at least 4 members (excludes halogenated alkanes) is 4. The predicted octanol–water partition coefficient (Wildman–Crippen LogP) is 4.74. The zero-order valence-electron chi connectivity index (χ0n) is 13.7. The molecule has 1 aromatic rings. The molecule has 1 rings (SSSR count). The molecule has 0 fully saturated rings. The first-order valence-electron chi connectivity index (χ1n) is 8.10. The van der Waals surface area contributed by atoms with Crippen molar-refractivity contribution in [1.82, 2.24) is 0 Å². The molecule has 0 saturated carbocycles. The molecule has 3 heteroatoms. The van der Waals surface area contributed by atoms with Gasteiger partial charge in [0.15, 0.2) is 11.5 Å². The molecule has 0 spiro atoms. The lowest BCUT2D eigenvalue weighted by Gasteiger charge is -2.11.